The molecule has 0 bridgehead atoms. The van der Waals surface area contributed by atoms with Crippen molar-refractivity contribution < 1.29 is 18.1 Å². The van der Waals surface area contributed by atoms with E-state index in [1.165, 1.54) is 137 Å². The maximum Gasteiger partial charge on any atom is 0.194 e. The summed E-state index contributed by atoms with van der Waals surface area (Å²) in [5, 5.41) is 0. The Morgan fingerprint density at radius 1 is 0.356 bits per heavy atom. The largest absolute Gasteiger partial charge is 0.302 e. The fourth-order valence-corrected chi connectivity index (χ4v) is 8.95. The van der Waals surface area contributed by atoms with Gasteiger partial charge in [-0.3, -0.25) is 0 Å². The summed E-state index contributed by atoms with van der Waals surface area (Å²) >= 11 is 0. The minimum Gasteiger partial charge on any atom is -0.302 e. The van der Waals surface area contributed by atoms with E-state index in [-0.39, 0.29) is 0 Å². The highest BCUT2D eigenvalue weighted by atomic mass is 19.2. The number of unbranched alkanes of at least 4 members (excludes halogenated alkanes) is 18. The Labute approximate surface area is 356 Å². The Morgan fingerprint density at radius 2 is 0.610 bits per heavy atom. The van der Waals surface area contributed by atoms with Gasteiger partial charge < -0.3 is 4.90 Å². The summed E-state index contributed by atoms with van der Waals surface area (Å²) in [5.74, 6) is -3.50. The second kappa shape index (κ2) is 28.4. The van der Waals surface area contributed by atoms with Gasteiger partial charge in [0.25, 0.3) is 0 Å². The summed E-state index contributed by atoms with van der Waals surface area (Å²) in [5.41, 5.74) is 5.91. The van der Waals surface area contributed by atoms with Crippen molar-refractivity contribution in [2.75, 3.05) is 13.1 Å². The van der Waals surface area contributed by atoms with Crippen LogP contribution in [0.5, 0.6) is 0 Å². The van der Waals surface area contributed by atoms with Crippen LogP contribution < -0.4 is 26.8 Å². The third-order valence-corrected chi connectivity index (χ3v) is 12.3. The van der Waals surface area contributed by atoms with Crippen molar-refractivity contribution in [1.82, 2.24) is 0 Å². The van der Waals surface area contributed by atoms with Crippen LogP contribution in [0, 0.1) is 17.5 Å². The third kappa shape index (κ3) is 15.8. The van der Waals surface area contributed by atoms with Crippen LogP contribution in [-0.2, 0) is 0 Å². The van der Waals surface area contributed by atoms with Crippen molar-refractivity contribution >= 4 is 33.7 Å². The summed E-state index contributed by atoms with van der Waals surface area (Å²) in [6, 6.07) is 45.9. The molecule has 0 amide bonds. The predicted molar refractivity (Wildman–Crippen MR) is 250 cm³/mol. The molecule has 1 nitrogen and oxygen atoms in total. The van der Waals surface area contributed by atoms with Crippen molar-refractivity contribution in [1.29, 1.82) is 0 Å². The van der Waals surface area contributed by atoms with E-state index in [1.54, 1.807) is 0 Å². The molecule has 0 saturated heterocycles. The summed E-state index contributed by atoms with van der Waals surface area (Å²) in [6.45, 7) is 6.21. The predicted octanol–water partition coefficient (Wildman–Crippen LogP) is 12.5. The van der Waals surface area contributed by atoms with Crippen LogP contribution in [0.2, 0.25) is 0 Å². The zero-order chi connectivity index (χ0) is 41.8. The molecule has 318 valence electrons. The third-order valence-electron chi connectivity index (χ3n) is 12.3. The molecule has 0 atom stereocenters. The van der Waals surface area contributed by atoms with E-state index in [0.29, 0.717) is 5.69 Å². The maximum atomic E-state index is 13.8. The second-order valence-electron chi connectivity index (χ2n) is 16.7. The number of benzene rings is 5. The molecular formula is C54H73BF3N. The van der Waals surface area contributed by atoms with Crippen LogP contribution in [0.3, 0.4) is 0 Å². The zero-order valence-electron chi connectivity index (χ0n) is 36.5. The van der Waals surface area contributed by atoms with E-state index in [2.05, 4.69) is 135 Å². The van der Waals surface area contributed by atoms with Gasteiger partial charge in [-0.1, -0.05) is 238 Å². The Bertz CT molecular complexity index is 1570. The molecule has 0 aliphatic carbocycles. The molecule has 0 aliphatic heterocycles. The fraction of sp³-hybridized carbons (Fsp3) is 0.444. The second-order valence-corrected chi connectivity index (χ2v) is 16.7. The zero-order valence-corrected chi connectivity index (χ0v) is 36.5. The Hall–Kier alpha value is -4.09. The van der Waals surface area contributed by atoms with Crippen LogP contribution >= 0.6 is 0 Å². The minimum atomic E-state index is -1.36. The van der Waals surface area contributed by atoms with Gasteiger partial charge >= 0.3 is 0 Å². The summed E-state index contributed by atoms with van der Waals surface area (Å²) < 4.78 is 41.2. The van der Waals surface area contributed by atoms with Gasteiger partial charge in [0.1, 0.15) is 11.8 Å². The molecule has 5 aromatic carbocycles. The lowest BCUT2D eigenvalue weighted by molar-refractivity contribution is -0.833. The molecule has 1 N–H and O–H groups in total. The number of halogens is 3. The monoisotopic (exact) mass is 804 g/mol. The number of quaternary nitrogens is 1. The number of nitrogens with one attached hydrogen (secondary N) is 1. The Kier molecular flexibility index (Phi) is 22.9. The van der Waals surface area contributed by atoms with Crippen LogP contribution in [0.15, 0.2) is 133 Å². The van der Waals surface area contributed by atoms with E-state index in [0.717, 1.165) is 43.7 Å². The topological polar surface area (TPSA) is 4.44 Å². The first-order valence-electron chi connectivity index (χ1n) is 23.4. The highest BCUT2D eigenvalue weighted by molar-refractivity contribution is 7.19. The van der Waals surface area contributed by atoms with Crippen LogP contribution in [0.1, 0.15) is 142 Å². The van der Waals surface area contributed by atoms with Crippen molar-refractivity contribution in [2.45, 2.75) is 142 Å². The van der Waals surface area contributed by atoms with Gasteiger partial charge in [0.2, 0.25) is 0 Å². The van der Waals surface area contributed by atoms with Gasteiger partial charge in [-0.2, -0.15) is 21.9 Å². The lowest BCUT2D eigenvalue weighted by Crippen LogP contribution is -3.07. The van der Waals surface area contributed by atoms with Crippen molar-refractivity contribution in [3.05, 3.63) is 151 Å². The molecule has 0 spiro atoms. The van der Waals surface area contributed by atoms with Gasteiger partial charge in [0.15, 0.2) is 17.5 Å². The van der Waals surface area contributed by atoms with Crippen LogP contribution in [0.25, 0.3) is 0 Å². The van der Waals surface area contributed by atoms with Crippen LogP contribution in [0.4, 0.5) is 18.9 Å². The molecule has 0 aromatic heterocycles. The van der Waals surface area contributed by atoms with E-state index in [1.807, 2.05) is 0 Å². The van der Waals surface area contributed by atoms with Gasteiger partial charge in [0, 0.05) is 12.1 Å². The van der Waals surface area contributed by atoms with Crippen LogP contribution in [-0.4, -0.2) is 19.2 Å². The molecule has 0 fully saturated rings. The standard InChI is InChI=1S/C30H52F3N.C24H20B/c1-3-5-7-9-11-13-15-17-19-21-23-34(27-25-28(31)30(33)29(32)26-27)24-22-20-18-16-14-12-10-8-6-4-2;1-5-13-21(14-6-1)25(22-15-7-2-8-16-22,23-17-9-3-10-18-23)24-19-11-4-12-20-24/h25-26H,3-24H2,1-2H3;1-20H/q;-1/p+1. The van der Waals surface area contributed by atoms with Crippen molar-refractivity contribution in [3.8, 4) is 0 Å². The average molecular weight is 804 g/mol. The van der Waals surface area contributed by atoms with Gasteiger partial charge in [-0.25, -0.2) is 13.2 Å². The average Bonchev–Trinajstić information content (AvgIpc) is 3.28. The molecular weight excluding hydrogens is 730 g/mol. The van der Waals surface area contributed by atoms with Gasteiger partial charge in [-0.05, 0) is 25.7 Å². The first-order valence-corrected chi connectivity index (χ1v) is 23.4. The Morgan fingerprint density at radius 3 is 0.881 bits per heavy atom. The molecule has 0 aliphatic rings. The number of rotatable bonds is 27. The minimum absolute atomic E-state index is 0.559. The molecule has 0 radical (unpaired) electrons. The molecule has 0 saturated carbocycles. The fourth-order valence-electron chi connectivity index (χ4n) is 8.95. The quantitative estimate of drug-likeness (QED) is 0.0306. The molecule has 5 heteroatoms. The summed E-state index contributed by atoms with van der Waals surface area (Å²) in [6.07, 6.45) is 24.2. The first kappa shape index (κ1) is 47.6. The summed E-state index contributed by atoms with van der Waals surface area (Å²) in [7, 11) is 0. The number of hydrogen-bond donors (Lipinski definition) is 1. The SMILES string of the molecule is CCCCCCCCCCCC[NH+](CCCCCCCCCCCC)c1cc(F)c(F)c(F)c1.c1ccc([B-](c2ccccc2)(c2ccccc2)c2ccccc2)cc1. The summed E-state index contributed by atoms with van der Waals surface area (Å²) in [4.78, 5) is 1.09. The highest BCUT2D eigenvalue weighted by Crippen LogP contribution is 2.16. The van der Waals surface area contributed by atoms with Crippen molar-refractivity contribution in [2.24, 2.45) is 0 Å². The molecule has 5 rings (SSSR count). The number of hydrogen-bond acceptors (Lipinski definition) is 0. The lowest BCUT2D eigenvalue weighted by atomic mass is 9.13. The molecule has 0 heterocycles. The van der Waals surface area contributed by atoms with E-state index in [4.69, 9.17) is 0 Å². The van der Waals surface area contributed by atoms with E-state index >= 15 is 0 Å². The molecule has 5 aromatic rings. The maximum absolute atomic E-state index is 13.8. The highest BCUT2D eigenvalue weighted by Gasteiger charge is 2.31. The Balaban J connectivity index is 0.000000271. The molecule has 0 unspecified atom stereocenters. The normalized spacial score (nSPS) is 11.4. The first-order chi connectivity index (χ1) is 29.0. The van der Waals surface area contributed by atoms with Gasteiger partial charge in [0.05, 0.1) is 13.1 Å². The van der Waals surface area contributed by atoms with E-state index < -0.39 is 23.6 Å². The van der Waals surface area contributed by atoms with E-state index in [9.17, 15) is 13.2 Å². The molecule has 59 heavy (non-hydrogen) atoms. The van der Waals surface area contributed by atoms with Crippen molar-refractivity contribution in [3.63, 3.8) is 0 Å². The van der Waals surface area contributed by atoms with Gasteiger partial charge in [-0.15, -0.1) is 0 Å². The smallest absolute Gasteiger partial charge is 0.194 e. The lowest BCUT2D eigenvalue weighted by Gasteiger charge is -2.44.